The number of aromatic nitrogens is 2. The Morgan fingerprint density at radius 2 is 1.92 bits per heavy atom. The molecule has 6 heteroatoms. The molecule has 26 heavy (non-hydrogen) atoms. The lowest BCUT2D eigenvalue weighted by Crippen LogP contribution is -2.46. The Morgan fingerprint density at radius 3 is 2.62 bits per heavy atom. The molecule has 0 radical (unpaired) electrons. The van der Waals surface area contributed by atoms with Gasteiger partial charge in [0, 0.05) is 37.9 Å². The summed E-state index contributed by atoms with van der Waals surface area (Å²) in [4.78, 5) is 25.9. The van der Waals surface area contributed by atoms with E-state index in [9.17, 15) is 4.79 Å². The second kappa shape index (κ2) is 8.27. The predicted molar refractivity (Wildman–Crippen MR) is 105 cm³/mol. The number of piperazine rings is 1. The zero-order chi connectivity index (χ0) is 18.5. The first-order valence-corrected chi connectivity index (χ1v) is 9.31. The molecule has 2 heterocycles. The monoisotopic (exact) mass is 353 g/mol. The van der Waals surface area contributed by atoms with E-state index in [4.69, 9.17) is 0 Å². The molecule has 0 unspecified atom stereocenters. The largest absolute Gasteiger partial charge is 0.354 e. The number of nitrogens with one attached hydrogen (secondary N) is 1. The molecule has 0 aliphatic carbocycles. The van der Waals surface area contributed by atoms with Gasteiger partial charge in [0.15, 0.2) is 0 Å². The topological polar surface area (TPSA) is 61.4 Å². The maximum absolute atomic E-state index is 12.7. The molecule has 0 bridgehead atoms. The summed E-state index contributed by atoms with van der Waals surface area (Å²) in [6.45, 7) is 11.2. The molecule has 1 N–H and O–H groups in total. The van der Waals surface area contributed by atoms with Gasteiger partial charge >= 0.3 is 0 Å². The summed E-state index contributed by atoms with van der Waals surface area (Å²) in [5.41, 5.74) is 3.47. The summed E-state index contributed by atoms with van der Waals surface area (Å²) in [7, 11) is 0. The van der Waals surface area contributed by atoms with E-state index in [-0.39, 0.29) is 5.91 Å². The molecule has 1 fully saturated rings. The third-order valence-corrected chi connectivity index (χ3v) is 5.01. The summed E-state index contributed by atoms with van der Waals surface area (Å²) in [6.07, 6.45) is 2.35. The van der Waals surface area contributed by atoms with Crippen molar-refractivity contribution in [1.82, 2.24) is 14.9 Å². The molecule has 0 atom stereocenters. The van der Waals surface area contributed by atoms with Crippen LogP contribution in [0.25, 0.3) is 0 Å². The van der Waals surface area contributed by atoms with E-state index in [1.165, 1.54) is 6.33 Å². The first-order valence-electron chi connectivity index (χ1n) is 9.31. The molecule has 0 saturated carbocycles. The molecule has 1 aliphatic rings. The van der Waals surface area contributed by atoms with E-state index < -0.39 is 0 Å². The molecule has 1 saturated heterocycles. The van der Waals surface area contributed by atoms with Gasteiger partial charge in [-0.1, -0.05) is 32.0 Å². The second-order valence-corrected chi connectivity index (χ2v) is 6.60. The maximum atomic E-state index is 12.7. The van der Waals surface area contributed by atoms with E-state index in [0.717, 1.165) is 61.8 Å². The number of para-hydroxylation sites is 1. The molecule has 1 aromatic carbocycles. The SMILES string of the molecule is CCc1cccc(C)c1NC(=O)c1cc(N2CCN(CC)CC2)ncn1. The summed E-state index contributed by atoms with van der Waals surface area (Å²) in [6, 6.07) is 7.86. The van der Waals surface area contributed by atoms with Crippen LogP contribution in [-0.2, 0) is 6.42 Å². The highest BCUT2D eigenvalue weighted by atomic mass is 16.1. The Morgan fingerprint density at radius 1 is 1.15 bits per heavy atom. The maximum Gasteiger partial charge on any atom is 0.274 e. The minimum Gasteiger partial charge on any atom is -0.354 e. The predicted octanol–water partition coefficient (Wildman–Crippen LogP) is 2.74. The standard InChI is InChI=1S/C20H27N5O/c1-4-16-8-6-7-15(3)19(16)23-20(26)17-13-18(22-14-21-17)25-11-9-24(5-2)10-12-25/h6-8,13-14H,4-5,9-12H2,1-3H3,(H,23,26). The molecule has 1 aromatic heterocycles. The highest BCUT2D eigenvalue weighted by Crippen LogP contribution is 2.22. The first kappa shape index (κ1) is 18.3. The van der Waals surface area contributed by atoms with E-state index in [2.05, 4.69) is 38.9 Å². The van der Waals surface area contributed by atoms with Crippen molar-refractivity contribution in [2.24, 2.45) is 0 Å². The normalized spacial score (nSPS) is 15.1. The van der Waals surface area contributed by atoms with Crippen LogP contribution >= 0.6 is 0 Å². The van der Waals surface area contributed by atoms with E-state index >= 15 is 0 Å². The van der Waals surface area contributed by atoms with Gasteiger partial charge in [-0.25, -0.2) is 9.97 Å². The van der Waals surface area contributed by atoms with Crippen LogP contribution in [0, 0.1) is 6.92 Å². The van der Waals surface area contributed by atoms with E-state index in [1.807, 2.05) is 25.1 Å². The number of anilines is 2. The third kappa shape index (κ3) is 4.02. The Labute approximate surface area is 155 Å². The van der Waals surface area contributed by atoms with Crippen molar-refractivity contribution in [2.45, 2.75) is 27.2 Å². The number of likely N-dealkylation sites (N-methyl/N-ethyl adjacent to an activating group) is 1. The van der Waals surface area contributed by atoms with Crippen molar-refractivity contribution in [2.75, 3.05) is 42.9 Å². The molecule has 1 amide bonds. The average molecular weight is 353 g/mol. The van der Waals surface area contributed by atoms with Gasteiger partial charge in [-0.05, 0) is 31.0 Å². The number of amides is 1. The minimum absolute atomic E-state index is 0.190. The van der Waals surface area contributed by atoms with E-state index in [1.54, 1.807) is 6.07 Å². The van der Waals surface area contributed by atoms with Crippen LogP contribution in [0.15, 0.2) is 30.6 Å². The van der Waals surface area contributed by atoms with Gasteiger partial charge in [-0.2, -0.15) is 0 Å². The summed E-state index contributed by atoms with van der Waals surface area (Å²) < 4.78 is 0. The van der Waals surface area contributed by atoms with Gasteiger partial charge in [-0.3, -0.25) is 4.79 Å². The van der Waals surface area contributed by atoms with Gasteiger partial charge in [-0.15, -0.1) is 0 Å². The summed E-state index contributed by atoms with van der Waals surface area (Å²) >= 11 is 0. The fraction of sp³-hybridized carbons (Fsp3) is 0.450. The highest BCUT2D eigenvalue weighted by Gasteiger charge is 2.19. The first-order chi connectivity index (χ1) is 12.6. The number of hydrogen-bond donors (Lipinski definition) is 1. The second-order valence-electron chi connectivity index (χ2n) is 6.60. The van der Waals surface area contributed by atoms with E-state index in [0.29, 0.717) is 5.69 Å². The van der Waals surface area contributed by atoms with Crippen LogP contribution in [0.3, 0.4) is 0 Å². The lowest BCUT2D eigenvalue weighted by molar-refractivity contribution is 0.102. The van der Waals surface area contributed by atoms with Gasteiger partial charge in [0.25, 0.3) is 5.91 Å². The molecular formula is C20H27N5O. The Balaban J connectivity index is 1.75. The fourth-order valence-electron chi connectivity index (χ4n) is 3.32. The van der Waals surface area contributed by atoms with Crippen LogP contribution in [0.1, 0.15) is 35.5 Å². The van der Waals surface area contributed by atoms with Crippen molar-refractivity contribution in [1.29, 1.82) is 0 Å². The van der Waals surface area contributed by atoms with Gasteiger partial charge < -0.3 is 15.1 Å². The zero-order valence-corrected chi connectivity index (χ0v) is 15.8. The number of nitrogens with zero attached hydrogens (tertiary/aromatic N) is 4. The van der Waals surface area contributed by atoms with Crippen LogP contribution < -0.4 is 10.2 Å². The van der Waals surface area contributed by atoms with Crippen LogP contribution in [0.4, 0.5) is 11.5 Å². The molecule has 0 spiro atoms. The smallest absolute Gasteiger partial charge is 0.274 e. The summed E-state index contributed by atoms with van der Waals surface area (Å²) in [5, 5.41) is 3.04. The summed E-state index contributed by atoms with van der Waals surface area (Å²) in [5.74, 6) is 0.631. The quantitative estimate of drug-likeness (QED) is 0.896. The fourth-order valence-corrected chi connectivity index (χ4v) is 3.32. The number of aryl methyl sites for hydroxylation is 2. The lowest BCUT2D eigenvalue weighted by atomic mass is 10.1. The number of benzene rings is 1. The molecule has 2 aromatic rings. The number of carbonyl (C=O) groups is 1. The van der Waals surface area contributed by atoms with Crippen LogP contribution in [0.2, 0.25) is 0 Å². The Kier molecular flexibility index (Phi) is 5.83. The van der Waals surface area contributed by atoms with Crippen molar-refractivity contribution < 1.29 is 4.79 Å². The lowest BCUT2D eigenvalue weighted by Gasteiger charge is -2.34. The zero-order valence-electron chi connectivity index (χ0n) is 15.8. The molecule has 3 rings (SSSR count). The average Bonchev–Trinajstić information content (AvgIpc) is 2.69. The number of rotatable bonds is 5. The van der Waals surface area contributed by atoms with Gasteiger partial charge in [0.05, 0.1) is 0 Å². The minimum atomic E-state index is -0.190. The van der Waals surface area contributed by atoms with Gasteiger partial charge in [0.2, 0.25) is 0 Å². The van der Waals surface area contributed by atoms with Crippen molar-refractivity contribution in [3.8, 4) is 0 Å². The van der Waals surface area contributed by atoms with Crippen LogP contribution in [0.5, 0.6) is 0 Å². The van der Waals surface area contributed by atoms with Crippen molar-refractivity contribution in [3.05, 3.63) is 47.4 Å². The molecule has 138 valence electrons. The Bertz CT molecular complexity index is 769. The molecule has 6 nitrogen and oxygen atoms in total. The van der Waals surface area contributed by atoms with Crippen molar-refractivity contribution >= 4 is 17.4 Å². The van der Waals surface area contributed by atoms with Gasteiger partial charge in [0.1, 0.15) is 17.8 Å². The number of hydrogen-bond acceptors (Lipinski definition) is 5. The molecular weight excluding hydrogens is 326 g/mol. The Hall–Kier alpha value is -2.47. The van der Waals surface area contributed by atoms with Crippen LogP contribution in [-0.4, -0.2) is 53.5 Å². The van der Waals surface area contributed by atoms with Crippen molar-refractivity contribution in [3.63, 3.8) is 0 Å². The molecule has 1 aliphatic heterocycles. The third-order valence-electron chi connectivity index (χ3n) is 5.01. The highest BCUT2D eigenvalue weighted by molar-refractivity contribution is 6.04. The number of carbonyl (C=O) groups excluding carboxylic acids is 1.